The van der Waals surface area contributed by atoms with Crippen LogP contribution in [-0.2, 0) is 6.18 Å². The summed E-state index contributed by atoms with van der Waals surface area (Å²) in [5.74, 6) is -0.0546. The van der Waals surface area contributed by atoms with E-state index in [1.807, 2.05) is 30.0 Å². The Morgan fingerprint density at radius 3 is 2.55 bits per heavy atom. The summed E-state index contributed by atoms with van der Waals surface area (Å²) in [6, 6.07) is 11.4. The number of thiazole rings is 1. The molecule has 1 saturated heterocycles. The molecule has 0 amide bonds. The number of aromatic nitrogens is 2. The van der Waals surface area contributed by atoms with Crippen LogP contribution in [0, 0.1) is 6.92 Å². The summed E-state index contributed by atoms with van der Waals surface area (Å²) in [6.45, 7) is 4.62. The highest BCUT2D eigenvalue weighted by Crippen LogP contribution is 2.39. The summed E-state index contributed by atoms with van der Waals surface area (Å²) in [5, 5.41) is 32.7. The van der Waals surface area contributed by atoms with Crippen LogP contribution in [0.1, 0.15) is 10.6 Å². The fraction of sp³-hybridized carbons (Fsp3) is 0.346. The van der Waals surface area contributed by atoms with Gasteiger partial charge in [0.05, 0.1) is 26.5 Å². The van der Waals surface area contributed by atoms with Crippen LogP contribution in [0.3, 0.4) is 0 Å². The SMILES string of the molecule is Cc1nc2cc(OCC(O)CN3CCN(c4cc(O)n(-c5cccc(C(F)(F)F)c5)c4O)CC3)ccc2s1. The molecule has 1 unspecified atom stereocenters. The number of ether oxygens (including phenoxy) is 1. The van der Waals surface area contributed by atoms with Gasteiger partial charge in [-0.3, -0.25) is 4.90 Å². The van der Waals surface area contributed by atoms with E-state index in [1.54, 1.807) is 11.3 Å². The number of aliphatic hydroxyl groups excluding tert-OH is 1. The molecule has 2 aromatic heterocycles. The third-order valence-corrected chi connectivity index (χ3v) is 7.41. The smallest absolute Gasteiger partial charge is 0.416 e. The Kier molecular flexibility index (Phi) is 7.12. The fourth-order valence-electron chi connectivity index (χ4n) is 4.61. The molecule has 0 bridgehead atoms. The van der Waals surface area contributed by atoms with Gasteiger partial charge in [-0.15, -0.1) is 11.3 Å². The number of fused-ring (bicyclic) bond motifs is 1. The maximum atomic E-state index is 13.1. The lowest BCUT2D eigenvalue weighted by molar-refractivity contribution is -0.137. The van der Waals surface area contributed by atoms with Crippen molar-refractivity contribution < 1.29 is 33.2 Å². The van der Waals surface area contributed by atoms with Crippen molar-refractivity contribution in [3.8, 4) is 23.2 Å². The average molecular weight is 549 g/mol. The van der Waals surface area contributed by atoms with Crippen LogP contribution in [-0.4, -0.2) is 75.2 Å². The van der Waals surface area contributed by atoms with E-state index in [2.05, 4.69) is 9.88 Å². The third kappa shape index (κ3) is 5.52. The highest BCUT2D eigenvalue weighted by molar-refractivity contribution is 7.18. The number of piperazine rings is 1. The van der Waals surface area contributed by atoms with Gasteiger partial charge < -0.3 is 25.0 Å². The van der Waals surface area contributed by atoms with Gasteiger partial charge in [-0.05, 0) is 37.3 Å². The van der Waals surface area contributed by atoms with Crippen LogP contribution in [0.2, 0.25) is 0 Å². The average Bonchev–Trinajstić information content (AvgIpc) is 3.39. The minimum absolute atomic E-state index is 0.00639. The Balaban J connectivity index is 1.17. The van der Waals surface area contributed by atoms with Crippen LogP contribution in [0.5, 0.6) is 17.5 Å². The molecular formula is C26H27F3N4O4S. The Hall–Kier alpha value is -3.48. The second kappa shape index (κ2) is 10.4. The van der Waals surface area contributed by atoms with Crippen LogP contribution in [0.4, 0.5) is 18.9 Å². The molecule has 4 aromatic rings. The number of hydrogen-bond acceptors (Lipinski definition) is 8. The molecule has 3 heterocycles. The van der Waals surface area contributed by atoms with Crippen molar-refractivity contribution in [2.75, 3.05) is 44.2 Å². The van der Waals surface area contributed by atoms with Gasteiger partial charge in [0.25, 0.3) is 0 Å². The van der Waals surface area contributed by atoms with E-state index in [9.17, 15) is 28.5 Å². The normalized spacial score (nSPS) is 15.8. The number of halogens is 3. The molecule has 8 nitrogen and oxygen atoms in total. The van der Waals surface area contributed by atoms with E-state index in [-0.39, 0.29) is 24.1 Å². The predicted molar refractivity (Wildman–Crippen MR) is 139 cm³/mol. The molecule has 0 aliphatic carbocycles. The summed E-state index contributed by atoms with van der Waals surface area (Å²) in [5.41, 5.74) is 0.328. The minimum Gasteiger partial charge on any atom is -0.494 e. The Morgan fingerprint density at radius 1 is 1.05 bits per heavy atom. The first-order chi connectivity index (χ1) is 18.1. The number of aryl methyl sites for hydroxylation is 1. The molecule has 0 spiro atoms. The second-order valence-corrected chi connectivity index (χ2v) is 10.4. The molecule has 0 saturated carbocycles. The van der Waals surface area contributed by atoms with Gasteiger partial charge in [0.2, 0.25) is 11.8 Å². The quantitative estimate of drug-likeness (QED) is 0.316. The zero-order chi connectivity index (χ0) is 27.0. The summed E-state index contributed by atoms with van der Waals surface area (Å²) in [4.78, 5) is 8.37. The van der Waals surface area contributed by atoms with Gasteiger partial charge in [-0.25, -0.2) is 9.55 Å². The molecule has 0 radical (unpaired) electrons. The maximum Gasteiger partial charge on any atom is 0.416 e. The van der Waals surface area contributed by atoms with Gasteiger partial charge in [-0.2, -0.15) is 13.2 Å². The molecular weight excluding hydrogens is 521 g/mol. The van der Waals surface area contributed by atoms with Crippen LogP contribution < -0.4 is 9.64 Å². The molecule has 12 heteroatoms. The van der Waals surface area contributed by atoms with Crippen molar-refractivity contribution in [2.24, 2.45) is 0 Å². The Morgan fingerprint density at radius 2 is 1.82 bits per heavy atom. The molecule has 1 fully saturated rings. The highest BCUT2D eigenvalue weighted by Gasteiger charge is 2.31. The molecule has 1 aliphatic heterocycles. The minimum atomic E-state index is -4.54. The van der Waals surface area contributed by atoms with Crippen molar-refractivity contribution in [1.82, 2.24) is 14.5 Å². The lowest BCUT2D eigenvalue weighted by atomic mass is 10.2. The van der Waals surface area contributed by atoms with Gasteiger partial charge in [0.1, 0.15) is 24.1 Å². The summed E-state index contributed by atoms with van der Waals surface area (Å²) in [7, 11) is 0. The maximum absolute atomic E-state index is 13.1. The first-order valence-electron chi connectivity index (χ1n) is 12.0. The number of anilines is 1. The second-order valence-electron chi connectivity index (χ2n) is 9.21. The van der Waals surface area contributed by atoms with E-state index in [0.717, 1.165) is 31.9 Å². The number of hydrogen-bond donors (Lipinski definition) is 3. The van der Waals surface area contributed by atoms with E-state index >= 15 is 0 Å². The number of alkyl halides is 3. The van der Waals surface area contributed by atoms with E-state index < -0.39 is 17.8 Å². The largest absolute Gasteiger partial charge is 0.494 e. The lowest BCUT2D eigenvalue weighted by Gasteiger charge is -2.36. The highest BCUT2D eigenvalue weighted by atomic mass is 32.1. The van der Waals surface area contributed by atoms with E-state index in [0.29, 0.717) is 44.2 Å². The molecule has 5 rings (SSSR count). The number of β-amino-alcohol motifs (C(OH)–C–C–N with tert-alkyl or cyclic N) is 1. The Bertz CT molecular complexity index is 1430. The topological polar surface area (TPSA) is 94.2 Å². The van der Waals surface area contributed by atoms with Gasteiger partial charge in [0, 0.05) is 44.9 Å². The van der Waals surface area contributed by atoms with Gasteiger partial charge in [-0.1, -0.05) is 6.07 Å². The number of rotatable bonds is 7. The standard InChI is InChI=1S/C26H27F3N4O4S/c1-16-30-21-12-20(5-6-23(21)38-16)37-15-19(34)14-31-7-9-32(10-8-31)22-13-24(35)33(25(22)36)18-4-2-3-17(11-18)26(27,28)29/h2-6,11-13,19,34-36H,7-10,14-15H2,1H3. The van der Waals surface area contributed by atoms with Crippen molar-refractivity contribution in [2.45, 2.75) is 19.2 Å². The lowest BCUT2D eigenvalue weighted by Crippen LogP contribution is -2.49. The van der Waals surface area contributed by atoms with E-state index in [4.69, 9.17) is 4.74 Å². The van der Waals surface area contributed by atoms with Crippen molar-refractivity contribution in [3.05, 3.63) is 59.1 Å². The predicted octanol–water partition coefficient (Wildman–Crippen LogP) is 4.39. The zero-order valence-corrected chi connectivity index (χ0v) is 21.3. The van der Waals surface area contributed by atoms with Gasteiger partial charge >= 0.3 is 6.18 Å². The van der Waals surface area contributed by atoms with Gasteiger partial charge in [0.15, 0.2) is 0 Å². The Labute approximate surface area is 220 Å². The number of nitrogens with zero attached hydrogens (tertiary/aromatic N) is 4. The first kappa shape index (κ1) is 26.1. The summed E-state index contributed by atoms with van der Waals surface area (Å²) < 4.78 is 47.2. The molecule has 202 valence electrons. The van der Waals surface area contributed by atoms with Crippen molar-refractivity contribution in [3.63, 3.8) is 0 Å². The third-order valence-electron chi connectivity index (χ3n) is 6.46. The molecule has 1 atom stereocenters. The van der Waals surface area contributed by atoms with Crippen LogP contribution >= 0.6 is 11.3 Å². The molecule has 1 aliphatic rings. The van der Waals surface area contributed by atoms with Crippen molar-refractivity contribution in [1.29, 1.82) is 0 Å². The summed E-state index contributed by atoms with van der Waals surface area (Å²) >= 11 is 1.61. The number of aromatic hydroxyl groups is 2. The fourth-order valence-corrected chi connectivity index (χ4v) is 5.42. The van der Waals surface area contributed by atoms with E-state index in [1.165, 1.54) is 18.2 Å². The number of aliphatic hydroxyl groups is 1. The first-order valence-corrected chi connectivity index (χ1v) is 12.9. The molecule has 3 N–H and O–H groups in total. The summed E-state index contributed by atoms with van der Waals surface area (Å²) in [6.07, 6.45) is -5.26. The monoisotopic (exact) mass is 548 g/mol. The molecule has 2 aromatic carbocycles. The van der Waals surface area contributed by atoms with Crippen LogP contribution in [0.25, 0.3) is 15.9 Å². The zero-order valence-electron chi connectivity index (χ0n) is 20.5. The number of benzene rings is 2. The van der Waals surface area contributed by atoms with Crippen LogP contribution in [0.15, 0.2) is 48.5 Å². The van der Waals surface area contributed by atoms with Crippen molar-refractivity contribution >= 4 is 27.2 Å². The molecule has 38 heavy (non-hydrogen) atoms.